The van der Waals surface area contributed by atoms with Gasteiger partial charge >= 0.3 is 0 Å². The molecule has 126 valence electrons. The Kier molecular flexibility index (Phi) is 5.95. The maximum absolute atomic E-state index is 12.0. The van der Waals surface area contributed by atoms with Crippen molar-refractivity contribution in [3.8, 4) is 0 Å². The van der Waals surface area contributed by atoms with Gasteiger partial charge in [-0.05, 0) is 55.3 Å². The van der Waals surface area contributed by atoms with Crippen molar-refractivity contribution in [3.63, 3.8) is 0 Å². The Labute approximate surface area is 142 Å². The Morgan fingerprint density at radius 2 is 1.67 bits per heavy atom. The van der Waals surface area contributed by atoms with Gasteiger partial charge in [-0.1, -0.05) is 19.1 Å². The number of carbonyl (C=O) groups is 2. The highest BCUT2D eigenvalue weighted by Crippen LogP contribution is 2.12. The second kappa shape index (κ2) is 8.15. The predicted molar refractivity (Wildman–Crippen MR) is 96.8 cm³/mol. The fourth-order valence-electron chi connectivity index (χ4n) is 2.14. The molecule has 0 fully saturated rings. The molecule has 1 atom stereocenters. The van der Waals surface area contributed by atoms with Gasteiger partial charge in [-0.2, -0.15) is 0 Å². The fraction of sp³-hybridized carbons (Fsp3) is 0.263. The first-order valence-corrected chi connectivity index (χ1v) is 8.03. The van der Waals surface area contributed by atoms with Gasteiger partial charge < -0.3 is 16.4 Å². The lowest BCUT2D eigenvalue weighted by molar-refractivity contribution is -0.115. The normalized spacial score (nSPS) is 11.6. The minimum Gasteiger partial charge on any atom is -0.399 e. The Bertz CT molecular complexity index is 694. The minimum atomic E-state index is -0.114. The third-order valence-corrected chi connectivity index (χ3v) is 3.77. The molecular weight excluding hydrogens is 302 g/mol. The first kappa shape index (κ1) is 17.5. The number of nitrogens with one attached hydrogen (secondary N) is 2. The first-order valence-electron chi connectivity index (χ1n) is 8.03. The molecule has 0 bridgehead atoms. The van der Waals surface area contributed by atoms with E-state index in [-0.39, 0.29) is 24.3 Å². The molecule has 1 unspecified atom stereocenters. The average molecular weight is 325 g/mol. The van der Waals surface area contributed by atoms with Crippen molar-refractivity contribution in [2.45, 2.75) is 32.7 Å². The summed E-state index contributed by atoms with van der Waals surface area (Å²) in [6.45, 7) is 3.98. The number of amides is 2. The molecule has 0 saturated carbocycles. The summed E-state index contributed by atoms with van der Waals surface area (Å²) in [5.41, 5.74) is 8.43. The molecule has 2 amide bonds. The van der Waals surface area contributed by atoms with E-state index in [1.807, 2.05) is 26.0 Å². The van der Waals surface area contributed by atoms with Gasteiger partial charge in [0.1, 0.15) is 0 Å². The van der Waals surface area contributed by atoms with Crippen molar-refractivity contribution >= 4 is 23.2 Å². The number of anilines is 2. The van der Waals surface area contributed by atoms with Crippen molar-refractivity contribution in [3.05, 3.63) is 59.7 Å². The van der Waals surface area contributed by atoms with Crippen molar-refractivity contribution < 1.29 is 9.59 Å². The molecular formula is C19H23N3O2. The zero-order chi connectivity index (χ0) is 17.5. The van der Waals surface area contributed by atoms with Crippen LogP contribution in [0.15, 0.2) is 48.5 Å². The molecule has 0 heterocycles. The molecule has 0 radical (unpaired) electrons. The number of nitrogens with two attached hydrogens (primary N) is 1. The predicted octanol–water partition coefficient (Wildman–Crippen LogP) is 2.98. The van der Waals surface area contributed by atoms with Crippen LogP contribution in [0.3, 0.4) is 0 Å². The molecule has 2 aromatic rings. The molecule has 0 aromatic heterocycles. The molecule has 5 heteroatoms. The SMILES string of the molecule is CCC(C)NC(=O)c1ccc(NC(=O)Cc2ccc(N)cc2)cc1. The van der Waals surface area contributed by atoms with Gasteiger partial charge in [0.2, 0.25) is 5.91 Å². The molecule has 0 spiro atoms. The van der Waals surface area contributed by atoms with E-state index in [0.29, 0.717) is 16.9 Å². The van der Waals surface area contributed by atoms with Crippen LogP contribution in [0.25, 0.3) is 0 Å². The Morgan fingerprint density at radius 1 is 1.04 bits per heavy atom. The van der Waals surface area contributed by atoms with Crippen LogP contribution in [0.4, 0.5) is 11.4 Å². The molecule has 0 aliphatic rings. The van der Waals surface area contributed by atoms with Crippen LogP contribution in [-0.4, -0.2) is 17.9 Å². The Morgan fingerprint density at radius 3 is 2.25 bits per heavy atom. The highest BCUT2D eigenvalue weighted by Gasteiger charge is 2.09. The van der Waals surface area contributed by atoms with E-state index < -0.39 is 0 Å². The topological polar surface area (TPSA) is 84.2 Å². The van der Waals surface area contributed by atoms with Crippen molar-refractivity contribution in [1.82, 2.24) is 5.32 Å². The zero-order valence-corrected chi connectivity index (χ0v) is 14.0. The Balaban J connectivity index is 1.92. The maximum atomic E-state index is 12.0. The molecule has 2 rings (SSSR count). The van der Waals surface area contributed by atoms with Crippen molar-refractivity contribution in [2.24, 2.45) is 0 Å². The summed E-state index contributed by atoms with van der Waals surface area (Å²) in [5, 5.41) is 5.73. The van der Waals surface area contributed by atoms with E-state index in [4.69, 9.17) is 5.73 Å². The van der Waals surface area contributed by atoms with Crippen LogP contribution in [-0.2, 0) is 11.2 Å². The van der Waals surface area contributed by atoms with Crippen molar-refractivity contribution in [1.29, 1.82) is 0 Å². The number of benzene rings is 2. The highest BCUT2D eigenvalue weighted by molar-refractivity contribution is 5.96. The molecule has 0 aliphatic heterocycles. The average Bonchev–Trinajstić information content (AvgIpc) is 2.57. The summed E-state index contributed by atoms with van der Waals surface area (Å²) in [6, 6.07) is 14.2. The Hall–Kier alpha value is -2.82. The molecule has 4 N–H and O–H groups in total. The molecule has 0 saturated heterocycles. The summed E-state index contributed by atoms with van der Waals surface area (Å²) >= 11 is 0. The van der Waals surface area contributed by atoms with E-state index in [0.717, 1.165) is 12.0 Å². The quantitative estimate of drug-likeness (QED) is 0.714. The molecule has 5 nitrogen and oxygen atoms in total. The van der Waals surface area contributed by atoms with Gasteiger partial charge in [0.05, 0.1) is 6.42 Å². The largest absolute Gasteiger partial charge is 0.399 e. The molecule has 24 heavy (non-hydrogen) atoms. The van der Waals surface area contributed by atoms with Gasteiger partial charge in [-0.25, -0.2) is 0 Å². The number of hydrogen-bond donors (Lipinski definition) is 3. The smallest absolute Gasteiger partial charge is 0.251 e. The zero-order valence-electron chi connectivity index (χ0n) is 14.0. The van der Waals surface area contributed by atoms with Gasteiger partial charge in [0.25, 0.3) is 5.91 Å². The monoisotopic (exact) mass is 325 g/mol. The number of carbonyl (C=O) groups excluding carboxylic acids is 2. The fourth-order valence-corrected chi connectivity index (χ4v) is 2.14. The third kappa shape index (κ3) is 5.12. The van der Waals surface area contributed by atoms with Gasteiger partial charge in [0, 0.05) is 23.0 Å². The van der Waals surface area contributed by atoms with E-state index in [9.17, 15) is 9.59 Å². The van der Waals surface area contributed by atoms with Crippen LogP contribution in [0.1, 0.15) is 36.2 Å². The second-order valence-corrected chi connectivity index (χ2v) is 5.83. The van der Waals surface area contributed by atoms with Crippen molar-refractivity contribution in [2.75, 3.05) is 11.1 Å². The standard InChI is InChI=1S/C19H23N3O2/c1-3-13(2)21-19(24)15-6-10-17(11-7-15)22-18(23)12-14-4-8-16(20)9-5-14/h4-11,13H,3,12,20H2,1-2H3,(H,21,24)(H,22,23). The lowest BCUT2D eigenvalue weighted by atomic mass is 10.1. The van der Waals surface area contributed by atoms with Gasteiger partial charge in [-0.3, -0.25) is 9.59 Å². The number of hydrogen-bond acceptors (Lipinski definition) is 3. The minimum absolute atomic E-state index is 0.107. The summed E-state index contributed by atoms with van der Waals surface area (Å²) in [4.78, 5) is 24.1. The molecule has 0 aliphatic carbocycles. The molecule has 2 aromatic carbocycles. The van der Waals surface area contributed by atoms with E-state index in [2.05, 4.69) is 10.6 Å². The first-order chi connectivity index (χ1) is 11.5. The third-order valence-electron chi connectivity index (χ3n) is 3.77. The summed E-state index contributed by atoms with van der Waals surface area (Å²) in [7, 11) is 0. The summed E-state index contributed by atoms with van der Waals surface area (Å²) < 4.78 is 0. The lowest BCUT2D eigenvalue weighted by Crippen LogP contribution is -2.31. The van der Waals surface area contributed by atoms with Crippen LogP contribution < -0.4 is 16.4 Å². The second-order valence-electron chi connectivity index (χ2n) is 5.83. The van der Waals surface area contributed by atoms with Gasteiger partial charge in [0.15, 0.2) is 0 Å². The summed E-state index contributed by atoms with van der Waals surface area (Å²) in [6.07, 6.45) is 1.15. The van der Waals surface area contributed by atoms with Crippen LogP contribution in [0, 0.1) is 0 Å². The van der Waals surface area contributed by atoms with Crippen LogP contribution in [0.2, 0.25) is 0 Å². The summed E-state index contributed by atoms with van der Waals surface area (Å²) in [5.74, 6) is -0.222. The number of nitrogen functional groups attached to an aromatic ring is 1. The van der Waals surface area contributed by atoms with Crippen LogP contribution >= 0.6 is 0 Å². The van der Waals surface area contributed by atoms with Gasteiger partial charge in [-0.15, -0.1) is 0 Å². The number of rotatable bonds is 6. The highest BCUT2D eigenvalue weighted by atomic mass is 16.2. The maximum Gasteiger partial charge on any atom is 0.251 e. The van der Waals surface area contributed by atoms with Crippen LogP contribution in [0.5, 0.6) is 0 Å². The van der Waals surface area contributed by atoms with E-state index >= 15 is 0 Å². The van der Waals surface area contributed by atoms with E-state index in [1.165, 1.54) is 0 Å². The lowest BCUT2D eigenvalue weighted by Gasteiger charge is -2.12. The van der Waals surface area contributed by atoms with E-state index in [1.54, 1.807) is 36.4 Å².